The van der Waals surface area contributed by atoms with Crippen LogP contribution < -0.4 is 0 Å². The van der Waals surface area contributed by atoms with Crippen molar-refractivity contribution in [2.45, 2.75) is 0 Å². The number of furan rings is 1. The van der Waals surface area contributed by atoms with E-state index in [-0.39, 0.29) is 27.8 Å². The van der Waals surface area contributed by atoms with Crippen LogP contribution in [0.1, 0.15) is 32.0 Å². The molecule has 0 bridgehead atoms. The van der Waals surface area contributed by atoms with Gasteiger partial charge < -0.3 is 4.42 Å². The number of carbonyl (C=O) groups excluding carboxylic acids is 3. The Morgan fingerprint density at radius 3 is 2.55 bits per heavy atom. The van der Waals surface area contributed by atoms with Gasteiger partial charge in [-0.2, -0.15) is 11.3 Å². The number of fused-ring (bicyclic) bond motifs is 1. The molecule has 7 heteroatoms. The molecule has 0 spiro atoms. The predicted molar refractivity (Wildman–Crippen MR) is 74.2 cm³/mol. The van der Waals surface area contributed by atoms with Gasteiger partial charge >= 0.3 is 0 Å². The first-order valence-electron chi connectivity index (χ1n) is 5.55. The molecule has 4 radical (unpaired) electrons. The van der Waals surface area contributed by atoms with E-state index in [1.165, 1.54) is 11.3 Å². The first kappa shape index (κ1) is 12.9. The van der Waals surface area contributed by atoms with Gasteiger partial charge in [-0.3, -0.25) is 14.4 Å². The number of allylic oxidation sites excluding steroid dienone is 1. The van der Waals surface area contributed by atoms with E-state index < -0.39 is 17.3 Å². The molecule has 3 rings (SSSR count). The van der Waals surface area contributed by atoms with Gasteiger partial charge in [-0.05, 0) is 16.9 Å². The Labute approximate surface area is 120 Å². The normalized spacial score (nSPS) is 14.6. The molecule has 0 saturated heterocycles. The smallest absolute Gasteiger partial charge is 0.236 e. The maximum Gasteiger partial charge on any atom is 0.236 e. The van der Waals surface area contributed by atoms with Crippen molar-refractivity contribution in [3.05, 3.63) is 51.0 Å². The number of ketones is 3. The Morgan fingerprint density at radius 2 is 1.90 bits per heavy atom. The summed E-state index contributed by atoms with van der Waals surface area (Å²) < 4.78 is 5.15. The predicted octanol–water partition coefficient (Wildman–Crippen LogP) is 1.34. The Morgan fingerprint density at radius 1 is 1.15 bits per heavy atom. The van der Waals surface area contributed by atoms with Crippen LogP contribution in [0.4, 0.5) is 0 Å². The van der Waals surface area contributed by atoms with Gasteiger partial charge in [0, 0.05) is 10.9 Å². The maximum atomic E-state index is 12.3. The molecule has 0 N–H and O–H groups in total. The second-order valence-electron chi connectivity index (χ2n) is 4.18. The van der Waals surface area contributed by atoms with Crippen LogP contribution in [0.5, 0.6) is 0 Å². The number of hydrogen-bond acceptors (Lipinski definition) is 5. The van der Waals surface area contributed by atoms with Gasteiger partial charge in [0.2, 0.25) is 11.6 Å². The lowest BCUT2D eigenvalue weighted by Gasteiger charge is -2.13. The summed E-state index contributed by atoms with van der Waals surface area (Å²) in [4.78, 5) is 36.0. The third-order valence-electron chi connectivity index (χ3n) is 3.03. The summed E-state index contributed by atoms with van der Waals surface area (Å²) in [6.45, 7) is 0. The molecular formula is C13H4B2O4S. The molecule has 4 nitrogen and oxygen atoms in total. The van der Waals surface area contributed by atoms with Crippen molar-refractivity contribution in [2.75, 3.05) is 0 Å². The van der Waals surface area contributed by atoms with Gasteiger partial charge in [0.05, 0.1) is 11.1 Å². The molecule has 1 aliphatic rings. The van der Waals surface area contributed by atoms with Gasteiger partial charge in [-0.25, -0.2) is 0 Å². The second kappa shape index (κ2) is 4.45. The summed E-state index contributed by atoms with van der Waals surface area (Å²) in [5, 5.41) is 3.38. The highest BCUT2D eigenvalue weighted by Gasteiger charge is 2.35. The van der Waals surface area contributed by atoms with E-state index in [1.807, 2.05) is 0 Å². The highest BCUT2D eigenvalue weighted by Crippen LogP contribution is 2.31. The molecule has 0 unspecified atom stereocenters. The highest BCUT2D eigenvalue weighted by molar-refractivity contribution is 7.08. The van der Waals surface area contributed by atoms with Crippen molar-refractivity contribution < 1.29 is 18.8 Å². The largest absolute Gasteiger partial charge is 0.464 e. The monoisotopic (exact) mass is 278 g/mol. The zero-order chi connectivity index (χ0) is 14.4. The van der Waals surface area contributed by atoms with Gasteiger partial charge in [0.1, 0.15) is 27.7 Å². The van der Waals surface area contributed by atoms with Crippen LogP contribution in [0.2, 0.25) is 0 Å². The lowest BCUT2D eigenvalue weighted by atomic mass is 9.70. The maximum absolute atomic E-state index is 12.3. The van der Waals surface area contributed by atoms with E-state index in [0.29, 0.717) is 5.56 Å². The Kier molecular flexibility index (Phi) is 2.87. The first-order chi connectivity index (χ1) is 9.52. The van der Waals surface area contributed by atoms with Gasteiger partial charge in [0.15, 0.2) is 5.78 Å². The van der Waals surface area contributed by atoms with E-state index in [0.717, 1.165) is 6.26 Å². The summed E-state index contributed by atoms with van der Waals surface area (Å²) in [5.41, 5.74) is -0.148. The van der Waals surface area contributed by atoms with Crippen LogP contribution in [0.15, 0.2) is 33.0 Å². The van der Waals surface area contributed by atoms with E-state index in [4.69, 9.17) is 20.1 Å². The minimum Gasteiger partial charge on any atom is -0.464 e. The van der Waals surface area contributed by atoms with Crippen LogP contribution in [0.25, 0.3) is 5.47 Å². The number of thiophene rings is 1. The molecular weight excluding hydrogens is 274 g/mol. The summed E-state index contributed by atoms with van der Waals surface area (Å²) >= 11 is 1.35. The lowest BCUT2D eigenvalue weighted by Crippen LogP contribution is -2.25. The molecule has 0 aromatic carbocycles. The topological polar surface area (TPSA) is 64.3 Å². The van der Waals surface area contributed by atoms with Crippen molar-refractivity contribution in [1.29, 1.82) is 0 Å². The second-order valence-corrected chi connectivity index (χ2v) is 4.96. The fourth-order valence-corrected chi connectivity index (χ4v) is 2.61. The fraction of sp³-hybridized carbons (Fsp3) is 0. The van der Waals surface area contributed by atoms with Gasteiger partial charge in [0.25, 0.3) is 0 Å². The molecule has 2 heterocycles. The summed E-state index contributed by atoms with van der Waals surface area (Å²) in [7, 11) is 11.1. The number of hydrogen-bond donors (Lipinski definition) is 0. The third-order valence-corrected chi connectivity index (χ3v) is 3.71. The molecule has 0 fully saturated rings. The summed E-state index contributed by atoms with van der Waals surface area (Å²) in [6.07, 6.45) is 1.13. The van der Waals surface area contributed by atoms with E-state index in [1.54, 1.807) is 16.8 Å². The quantitative estimate of drug-likeness (QED) is 0.472. The fourth-order valence-electron chi connectivity index (χ4n) is 1.98. The summed E-state index contributed by atoms with van der Waals surface area (Å²) in [5.74, 6) is -2.22. The lowest BCUT2D eigenvalue weighted by molar-refractivity contribution is -0.111. The highest BCUT2D eigenvalue weighted by atomic mass is 32.1. The average Bonchev–Trinajstić information content (AvgIpc) is 3.10. The third kappa shape index (κ3) is 1.67. The van der Waals surface area contributed by atoms with Crippen molar-refractivity contribution >= 4 is 49.9 Å². The zero-order valence-corrected chi connectivity index (χ0v) is 10.8. The molecule has 2 aromatic rings. The molecule has 0 saturated carbocycles. The van der Waals surface area contributed by atoms with Crippen LogP contribution in [-0.4, -0.2) is 33.0 Å². The molecule has 2 aromatic heterocycles. The van der Waals surface area contributed by atoms with Gasteiger partial charge in [-0.15, -0.1) is 0 Å². The van der Waals surface area contributed by atoms with Crippen LogP contribution >= 0.6 is 11.3 Å². The van der Waals surface area contributed by atoms with Gasteiger partial charge in [-0.1, -0.05) is 5.47 Å². The number of carbonyl (C=O) groups is 3. The number of Topliss-reactive ketones (excluding diaryl/α,β-unsaturated/α-hetero) is 2. The molecule has 0 amide bonds. The standard InChI is InChI=1S/C13H4B2O4S/c14-8-9(15)13-7(11(17)12(8)18)6(3-19-13)10(16)5-1-2-20-4-5/h1-4H. The number of rotatable bonds is 2. The van der Waals surface area contributed by atoms with Crippen molar-refractivity contribution in [3.63, 3.8) is 0 Å². The van der Waals surface area contributed by atoms with E-state index in [9.17, 15) is 14.4 Å². The minimum atomic E-state index is -0.921. The van der Waals surface area contributed by atoms with Crippen LogP contribution in [-0.2, 0) is 4.79 Å². The zero-order valence-electron chi connectivity index (χ0n) is 10.0. The average molecular weight is 278 g/mol. The van der Waals surface area contributed by atoms with Crippen molar-refractivity contribution in [1.82, 2.24) is 0 Å². The van der Waals surface area contributed by atoms with Crippen molar-refractivity contribution in [2.24, 2.45) is 0 Å². The van der Waals surface area contributed by atoms with Crippen LogP contribution in [0, 0.1) is 0 Å². The van der Waals surface area contributed by atoms with E-state index >= 15 is 0 Å². The summed E-state index contributed by atoms with van der Waals surface area (Å²) in [6, 6.07) is 1.62. The SMILES string of the molecule is [B]C1=C([B])c2occ(C(=O)c3ccsc3)c2C(=O)C1=O. The molecule has 1 aliphatic carbocycles. The van der Waals surface area contributed by atoms with E-state index in [2.05, 4.69) is 0 Å². The van der Waals surface area contributed by atoms with Crippen LogP contribution in [0.3, 0.4) is 0 Å². The molecule has 0 atom stereocenters. The Hall–Kier alpha value is -2.14. The Bertz CT molecular complexity index is 783. The minimum absolute atomic E-state index is 0.0206. The van der Waals surface area contributed by atoms with Crippen molar-refractivity contribution in [3.8, 4) is 0 Å². The molecule has 92 valence electrons. The molecule has 20 heavy (non-hydrogen) atoms. The molecule has 0 aliphatic heterocycles. The Balaban J connectivity index is 2.20. The first-order valence-corrected chi connectivity index (χ1v) is 6.49.